The van der Waals surface area contributed by atoms with E-state index in [0.29, 0.717) is 0 Å². The third kappa shape index (κ3) is 7.84. The summed E-state index contributed by atoms with van der Waals surface area (Å²) in [5, 5.41) is 4.85. The molecule has 1 atom stereocenters. The molecule has 1 rings (SSSR count). The van der Waals surface area contributed by atoms with E-state index in [-0.39, 0.29) is 30.5 Å². The highest BCUT2D eigenvalue weighted by atomic mass is 19.4. The Kier molecular flexibility index (Phi) is 7.62. The van der Waals surface area contributed by atoms with E-state index in [9.17, 15) is 22.8 Å². The number of carbonyl (C=O) groups is 2. The molecule has 1 aromatic rings. The number of nitrogens with two attached hydrogens (primary N) is 1. The minimum Gasteiger partial charge on any atom is -0.468 e. The van der Waals surface area contributed by atoms with Gasteiger partial charge in [0.25, 0.3) is 0 Å². The van der Waals surface area contributed by atoms with Gasteiger partial charge in [-0.3, -0.25) is 9.59 Å². The Morgan fingerprint density at radius 2 is 2.00 bits per heavy atom. The molecule has 1 aromatic heterocycles. The quantitative estimate of drug-likeness (QED) is 0.632. The number of alkyl halides is 3. The molecule has 0 aliphatic heterocycles. The lowest BCUT2D eigenvalue weighted by Gasteiger charge is -2.15. The molecule has 0 saturated carbocycles. The van der Waals surface area contributed by atoms with E-state index in [0.717, 1.165) is 0 Å². The Balaban J connectivity index is 2.50. The number of hydrogen-bond acceptors (Lipinski definition) is 5. The number of amides is 2. The number of nitrogens with zero attached hydrogens (tertiary/aromatic N) is 1. The summed E-state index contributed by atoms with van der Waals surface area (Å²) in [5.74, 6) is -1.27. The highest BCUT2D eigenvalue weighted by molar-refractivity contribution is 5.87. The first-order valence-electron chi connectivity index (χ1n) is 7.53. The Labute approximate surface area is 143 Å². The van der Waals surface area contributed by atoms with Crippen molar-refractivity contribution in [2.75, 3.05) is 13.2 Å². The third-order valence-electron chi connectivity index (χ3n) is 3.14. The summed E-state index contributed by atoms with van der Waals surface area (Å²) in [6.07, 6.45) is -3.21. The van der Waals surface area contributed by atoms with E-state index in [2.05, 4.69) is 20.4 Å². The lowest BCUT2D eigenvalue weighted by atomic mass is 10.1. The maximum Gasteiger partial charge on any atom is 0.422 e. The summed E-state index contributed by atoms with van der Waals surface area (Å²) in [5.41, 5.74) is 5.92. The molecule has 10 heteroatoms. The van der Waals surface area contributed by atoms with Crippen molar-refractivity contribution in [3.8, 4) is 5.88 Å². The van der Waals surface area contributed by atoms with Crippen molar-refractivity contribution in [1.29, 1.82) is 0 Å². The summed E-state index contributed by atoms with van der Waals surface area (Å²) >= 11 is 0. The van der Waals surface area contributed by atoms with Gasteiger partial charge in [-0.15, -0.1) is 0 Å². The van der Waals surface area contributed by atoms with Gasteiger partial charge >= 0.3 is 6.18 Å². The van der Waals surface area contributed by atoms with Gasteiger partial charge in [-0.25, -0.2) is 4.98 Å². The molecule has 7 nitrogen and oxygen atoms in total. The van der Waals surface area contributed by atoms with Crippen LogP contribution in [0.2, 0.25) is 0 Å². The molecule has 4 N–H and O–H groups in total. The van der Waals surface area contributed by atoms with Crippen LogP contribution < -0.4 is 21.1 Å². The van der Waals surface area contributed by atoms with Crippen molar-refractivity contribution >= 4 is 11.8 Å². The van der Waals surface area contributed by atoms with Gasteiger partial charge in [-0.1, -0.05) is 19.9 Å². The van der Waals surface area contributed by atoms with Crippen molar-refractivity contribution in [2.45, 2.75) is 32.6 Å². The van der Waals surface area contributed by atoms with E-state index in [1.165, 1.54) is 18.3 Å². The van der Waals surface area contributed by atoms with Gasteiger partial charge < -0.3 is 21.1 Å². The molecule has 0 unspecified atom stereocenters. The molecule has 0 fully saturated rings. The average molecular weight is 362 g/mol. The van der Waals surface area contributed by atoms with Crippen molar-refractivity contribution < 1.29 is 27.5 Å². The number of nitrogens with one attached hydrogen (secondary N) is 2. The molecule has 0 bridgehead atoms. The summed E-state index contributed by atoms with van der Waals surface area (Å²) in [6, 6.07) is 2.26. The molecular weight excluding hydrogens is 341 g/mol. The first kappa shape index (κ1) is 20.7. The van der Waals surface area contributed by atoms with Gasteiger partial charge in [0, 0.05) is 18.3 Å². The molecule has 0 saturated heterocycles. The number of aromatic nitrogens is 1. The number of pyridine rings is 1. The second-order valence-corrected chi connectivity index (χ2v) is 5.64. The van der Waals surface area contributed by atoms with Gasteiger partial charge in [0.15, 0.2) is 6.61 Å². The second-order valence-electron chi connectivity index (χ2n) is 5.64. The Morgan fingerprint density at radius 3 is 2.60 bits per heavy atom. The van der Waals surface area contributed by atoms with Crippen molar-refractivity contribution in [3.63, 3.8) is 0 Å². The predicted molar refractivity (Wildman–Crippen MR) is 83.5 cm³/mol. The third-order valence-corrected chi connectivity index (χ3v) is 3.14. The maximum absolute atomic E-state index is 12.2. The van der Waals surface area contributed by atoms with E-state index in [1.54, 1.807) is 13.8 Å². The summed E-state index contributed by atoms with van der Waals surface area (Å²) in [4.78, 5) is 27.1. The van der Waals surface area contributed by atoms with Gasteiger partial charge in [0.05, 0.1) is 12.6 Å². The zero-order valence-electron chi connectivity index (χ0n) is 13.9. The van der Waals surface area contributed by atoms with Crippen LogP contribution in [0.1, 0.15) is 19.4 Å². The topological polar surface area (TPSA) is 106 Å². The number of ether oxygens (including phenoxy) is 1. The minimum absolute atomic E-state index is 0.0770. The normalized spacial score (nSPS) is 12.6. The molecule has 0 aliphatic carbocycles. The van der Waals surface area contributed by atoms with Crippen LogP contribution in [0.25, 0.3) is 0 Å². The highest BCUT2D eigenvalue weighted by Gasteiger charge is 2.29. The largest absolute Gasteiger partial charge is 0.468 e. The molecule has 140 valence electrons. The standard InChI is InChI=1S/C15H21F3N4O3/c1-9(2)12(19)13(24)22-7-11(23)21-6-10-4-3-5-20-14(10)25-8-15(16,17)18/h3-5,9,12H,6-8,19H2,1-2H3,(H,21,23)(H,22,24)/t12-/m0/s1. The van der Waals surface area contributed by atoms with Crippen LogP contribution in [-0.4, -0.2) is 42.2 Å². The maximum atomic E-state index is 12.2. The smallest absolute Gasteiger partial charge is 0.422 e. The second kappa shape index (κ2) is 9.21. The van der Waals surface area contributed by atoms with Gasteiger partial charge in [0.1, 0.15) is 0 Å². The monoisotopic (exact) mass is 362 g/mol. The molecule has 0 spiro atoms. The number of rotatable bonds is 8. The zero-order chi connectivity index (χ0) is 19.0. The fourth-order valence-corrected chi connectivity index (χ4v) is 1.68. The van der Waals surface area contributed by atoms with Gasteiger partial charge in [-0.2, -0.15) is 13.2 Å². The zero-order valence-corrected chi connectivity index (χ0v) is 13.9. The molecule has 25 heavy (non-hydrogen) atoms. The number of halogens is 3. The summed E-state index contributed by atoms with van der Waals surface area (Å²) in [7, 11) is 0. The van der Waals surface area contributed by atoms with Crippen molar-refractivity contribution in [1.82, 2.24) is 15.6 Å². The highest BCUT2D eigenvalue weighted by Crippen LogP contribution is 2.19. The first-order chi connectivity index (χ1) is 11.6. The lowest BCUT2D eigenvalue weighted by Crippen LogP contribution is -2.47. The fraction of sp³-hybridized carbons (Fsp3) is 0.533. The Morgan fingerprint density at radius 1 is 1.32 bits per heavy atom. The molecular formula is C15H21F3N4O3. The molecule has 0 aliphatic rings. The number of carbonyl (C=O) groups excluding carboxylic acids is 2. The van der Waals surface area contributed by atoms with Crippen LogP contribution in [0.15, 0.2) is 18.3 Å². The number of hydrogen-bond donors (Lipinski definition) is 3. The minimum atomic E-state index is -4.49. The Hall–Kier alpha value is -2.36. The molecule has 2 amide bonds. The predicted octanol–water partition coefficient (Wildman–Crippen LogP) is 0.738. The van der Waals surface area contributed by atoms with Crippen LogP contribution in [0, 0.1) is 5.92 Å². The Bertz CT molecular complexity index is 594. The van der Waals surface area contributed by atoms with Crippen molar-refractivity contribution in [3.05, 3.63) is 23.9 Å². The molecule has 1 heterocycles. The first-order valence-corrected chi connectivity index (χ1v) is 7.53. The summed E-state index contributed by atoms with van der Waals surface area (Å²) < 4.78 is 41.3. The van der Waals surface area contributed by atoms with Crippen LogP contribution >= 0.6 is 0 Å². The van der Waals surface area contributed by atoms with Crippen LogP contribution in [0.3, 0.4) is 0 Å². The van der Waals surface area contributed by atoms with Crippen LogP contribution in [-0.2, 0) is 16.1 Å². The van der Waals surface area contributed by atoms with E-state index >= 15 is 0 Å². The lowest BCUT2D eigenvalue weighted by molar-refractivity contribution is -0.154. The molecule has 0 aromatic carbocycles. The summed E-state index contributed by atoms with van der Waals surface area (Å²) in [6.45, 7) is 1.68. The van der Waals surface area contributed by atoms with E-state index < -0.39 is 30.6 Å². The van der Waals surface area contributed by atoms with Gasteiger partial charge in [-0.05, 0) is 12.0 Å². The van der Waals surface area contributed by atoms with Crippen LogP contribution in [0.5, 0.6) is 5.88 Å². The van der Waals surface area contributed by atoms with Crippen LogP contribution in [0.4, 0.5) is 13.2 Å². The fourth-order valence-electron chi connectivity index (χ4n) is 1.68. The van der Waals surface area contributed by atoms with E-state index in [1.807, 2.05) is 0 Å². The molecule has 0 radical (unpaired) electrons. The van der Waals surface area contributed by atoms with E-state index in [4.69, 9.17) is 5.73 Å². The SMILES string of the molecule is CC(C)[C@H](N)C(=O)NCC(=O)NCc1cccnc1OCC(F)(F)F. The average Bonchev–Trinajstić information content (AvgIpc) is 2.55. The van der Waals surface area contributed by atoms with Gasteiger partial charge in [0.2, 0.25) is 17.7 Å². The van der Waals surface area contributed by atoms with Crippen molar-refractivity contribution in [2.24, 2.45) is 11.7 Å².